The summed E-state index contributed by atoms with van der Waals surface area (Å²) in [6.07, 6.45) is 1.02. The third-order valence-electron chi connectivity index (χ3n) is 2.48. The molecule has 0 saturated carbocycles. The average molecular weight is 314 g/mol. The lowest BCUT2D eigenvalue weighted by Crippen LogP contribution is -2.32. The first-order valence-corrected chi connectivity index (χ1v) is 6.62. The summed E-state index contributed by atoms with van der Waals surface area (Å²) in [7, 11) is 0. The lowest BCUT2D eigenvalue weighted by atomic mass is 10.2. The third-order valence-corrected chi connectivity index (χ3v) is 3.06. The third kappa shape index (κ3) is 3.07. The fourth-order valence-corrected chi connectivity index (χ4v) is 2.20. The highest BCUT2D eigenvalue weighted by Gasteiger charge is 2.17. The summed E-state index contributed by atoms with van der Waals surface area (Å²) in [6, 6.07) is 3.88. The Labute approximate surface area is 114 Å². The van der Waals surface area contributed by atoms with Gasteiger partial charge in [0.25, 0.3) is 0 Å². The Balaban J connectivity index is 2.04. The molecule has 1 aromatic carbocycles. The minimum absolute atomic E-state index is 0.265. The molecule has 98 valence electrons. The van der Waals surface area contributed by atoms with E-state index < -0.39 is 0 Å². The van der Waals surface area contributed by atoms with Gasteiger partial charge >= 0.3 is 0 Å². The van der Waals surface area contributed by atoms with Crippen LogP contribution in [0, 0.1) is 0 Å². The molecular formula is C12H16BrN3O2. The van der Waals surface area contributed by atoms with Crippen molar-refractivity contribution in [2.75, 3.05) is 13.3 Å². The molecule has 0 fully saturated rings. The van der Waals surface area contributed by atoms with Gasteiger partial charge in [0.1, 0.15) is 0 Å². The van der Waals surface area contributed by atoms with Gasteiger partial charge in [0.05, 0.1) is 11.0 Å². The number of halogens is 1. The molecule has 1 aliphatic heterocycles. The minimum atomic E-state index is 0.265. The van der Waals surface area contributed by atoms with Gasteiger partial charge in [0.15, 0.2) is 17.5 Å². The molecule has 0 spiro atoms. The van der Waals surface area contributed by atoms with Crippen molar-refractivity contribution in [2.24, 2.45) is 10.7 Å². The summed E-state index contributed by atoms with van der Waals surface area (Å²) in [5.41, 5.74) is 6.75. The summed E-state index contributed by atoms with van der Waals surface area (Å²) in [5.74, 6) is 1.96. The number of hydrogen-bond acceptors (Lipinski definition) is 3. The number of hydrogen-bond donors (Lipinski definition) is 2. The molecule has 0 aromatic heterocycles. The molecule has 0 unspecified atom stereocenters. The molecule has 2 rings (SSSR count). The maximum Gasteiger partial charge on any atom is 0.231 e. The molecule has 0 radical (unpaired) electrons. The van der Waals surface area contributed by atoms with Crippen LogP contribution >= 0.6 is 15.9 Å². The van der Waals surface area contributed by atoms with Gasteiger partial charge in [0.2, 0.25) is 6.79 Å². The Morgan fingerprint density at radius 2 is 2.33 bits per heavy atom. The van der Waals surface area contributed by atoms with Gasteiger partial charge in [-0.05, 0) is 40.0 Å². The van der Waals surface area contributed by atoms with Gasteiger partial charge in [-0.25, -0.2) is 4.99 Å². The Morgan fingerprint density at radius 1 is 1.50 bits per heavy atom. The van der Waals surface area contributed by atoms with E-state index in [1.165, 1.54) is 0 Å². The highest BCUT2D eigenvalue weighted by atomic mass is 79.9. The molecule has 0 saturated heterocycles. The van der Waals surface area contributed by atoms with E-state index in [9.17, 15) is 0 Å². The largest absolute Gasteiger partial charge is 0.454 e. The fraction of sp³-hybridized carbons (Fsp3) is 0.417. The van der Waals surface area contributed by atoms with Crippen LogP contribution in [0.1, 0.15) is 18.9 Å². The molecule has 1 heterocycles. The standard InChI is InChI=1S/C12H16BrN3O2/c1-2-3-15-12(14)16-6-8-4-9(13)11-10(5-8)17-7-18-11/h4-5H,2-3,6-7H2,1H3,(H3,14,15,16). The van der Waals surface area contributed by atoms with E-state index in [2.05, 4.69) is 33.2 Å². The highest BCUT2D eigenvalue weighted by molar-refractivity contribution is 9.10. The average Bonchev–Trinajstić information content (AvgIpc) is 2.82. The topological polar surface area (TPSA) is 68.9 Å². The Hall–Kier alpha value is -1.43. The summed E-state index contributed by atoms with van der Waals surface area (Å²) in [6.45, 7) is 3.69. The zero-order valence-corrected chi connectivity index (χ0v) is 11.8. The van der Waals surface area contributed by atoms with Gasteiger partial charge in [-0.3, -0.25) is 0 Å². The second-order valence-corrected chi connectivity index (χ2v) is 4.79. The van der Waals surface area contributed by atoms with Crippen molar-refractivity contribution in [1.29, 1.82) is 0 Å². The predicted molar refractivity (Wildman–Crippen MR) is 73.9 cm³/mol. The van der Waals surface area contributed by atoms with Crippen LogP contribution in [-0.2, 0) is 6.54 Å². The van der Waals surface area contributed by atoms with Crippen molar-refractivity contribution in [1.82, 2.24) is 5.32 Å². The van der Waals surface area contributed by atoms with Crippen LogP contribution in [-0.4, -0.2) is 19.3 Å². The number of rotatable bonds is 4. The number of guanidine groups is 1. The minimum Gasteiger partial charge on any atom is -0.454 e. The van der Waals surface area contributed by atoms with E-state index in [0.29, 0.717) is 12.5 Å². The van der Waals surface area contributed by atoms with E-state index in [4.69, 9.17) is 15.2 Å². The number of fused-ring (bicyclic) bond motifs is 1. The summed E-state index contributed by atoms with van der Waals surface area (Å²) >= 11 is 3.45. The molecule has 5 nitrogen and oxygen atoms in total. The van der Waals surface area contributed by atoms with Crippen molar-refractivity contribution >= 4 is 21.9 Å². The second kappa shape index (κ2) is 5.95. The normalized spacial score (nSPS) is 13.8. The molecule has 1 aromatic rings. The quantitative estimate of drug-likeness (QED) is 0.659. The Bertz CT molecular complexity index is 463. The number of aliphatic imine (C=N–C) groups is 1. The van der Waals surface area contributed by atoms with E-state index in [1.807, 2.05) is 12.1 Å². The zero-order valence-electron chi connectivity index (χ0n) is 10.2. The van der Waals surface area contributed by atoms with E-state index in [1.54, 1.807) is 0 Å². The maximum absolute atomic E-state index is 5.73. The maximum atomic E-state index is 5.73. The van der Waals surface area contributed by atoms with E-state index >= 15 is 0 Å². The van der Waals surface area contributed by atoms with Crippen molar-refractivity contribution < 1.29 is 9.47 Å². The molecule has 1 aliphatic rings. The molecule has 0 aliphatic carbocycles. The van der Waals surface area contributed by atoms with Crippen LogP contribution < -0.4 is 20.5 Å². The van der Waals surface area contributed by atoms with Crippen molar-refractivity contribution in [3.63, 3.8) is 0 Å². The lowest BCUT2D eigenvalue weighted by molar-refractivity contribution is 0.173. The van der Waals surface area contributed by atoms with Crippen molar-refractivity contribution in [2.45, 2.75) is 19.9 Å². The van der Waals surface area contributed by atoms with Crippen LogP contribution in [0.3, 0.4) is 0 Å². The number of nitrogens with zero attached hydrogens (tertiary/aromatic N) is 1. The van der Waals surface area contributed by atoms with Gasteiger partial charge < -0.3 is 20.5 Å². The summed E-state index contributed by atoms with van der Waals surface area (Å²) in [4.78, 5) is 4.26. The number of nitrogens with one attached hydrogen (secondary N) is 1. The first-order valence-electron chi connectivity index (χ1n) is 5.82. The van der Waals surface area contributed by atoms with Gasteiger partial charge in [-0.15, -0.1) is 0 Å². The van der Waals surface area contributed by atoms with Crippen LogP contribution in [0.5, 0.6) is 11.5 Å². The van der Waals surface area contributed by atoms with E-state index in [0.717, 1.165) is 34.5 Å². The van der Waals surface area contributed by atoms with Gasteiger partial charge in [-0.2, -0.15) is 0 Å². The first kappa shape index (κ1) is 13.0. The van der Waals surface area contributed by atoms with Crippen molar-refractivity contribution in [3.8, 4) is 11.5 Å². The summed E-state index contributed by atoms with van der Waals surface area (Å²) in [5, 5.41) is 3.03. The first-order chi connectivity index (χ1) is 8.70. The molecule has 3 N–H and O–H groups in total. The molecule has 0 atom stereocenters. The smallest absolute Gasteiger partial charge is 0.231 e. The lowest BCUT2D eigenvalue weighted by Gasteiger charge is -2.05. The second-order valence-electron chi connectivity index (χ2n) is 3.94. The SMILES string of the molecule is CCCNC(N)=NCc1cc(Br)c2c(c1)OCO2. The van der Waals surface area contributed by atoms with Crippen molar-refractivity contribution in [3.05, 3.63) is 22.2 Å². The predicted octanol–water partition coefficient (Wildman–Crippen LogP) is 1.99. The number of benzene rings is 1. The highest BCUT2D eigenvalue weighted by Crippen LogP contribution is 2.40. The molecular weight excluding hydrogens is 298 g/mol. The Morgan fingerprint density at radius 3 is 3.11 bits per heavy atom. The van der Waals surface area contributed by atoms with Crippen LogP contribution in [0.2, 0.25) is 0 Å². The summed E-state index contributed by atoms with van der Waals surface area (Å²) < 4.78 is 11.5. The fourth-order valence-electron chi connectivity index (χ4n) is 1.60. The number of nitrogens with two attached hydrogens (primary N) is 1. The zero-order chi connectivity index (χ0) is 13.0. The van der Waals surface area contributed by atoms with Gasteiger partial charge in [-0.1, -0.05) is 6.92 Å². The van der Waals surface area contributed by atoms with Crippen LogP contribution in [0.4, 0.5) is 0 Å². The van der Waals surface area contributed by atoms with Crippen LogP contribution in [0.15, 0.2) is 21.6 Å². The molecule has 0 amide bonds. The molecule has 0 bridgehead atoms. The Kier molecular flexibility index (Phi) is 4.30. The monoisotopic (exact) mass is 313 g/mol. The molecule has 18 heavy (non-hydrogen) atoms. The molecule has 6 heteroatoms. The number of ether oxygens (including phenoxy) is 2. The van der Waals surface area contributed by atoms with Crippen LogP contribution in [0.25, 0.3) is 0 Å². The van der Waals surface area contributed by atoms with Gasteiger partial charge in [0, 0.05) is 6.54 Å². The van der Waals surface area contributed by atoms with E-state index in [-0.39, 0.29) is 6.79 Å².